The second-order valence-electron chi connectivity index (χ2n) is 5.12. The van der Waals surface area contributed by atoms with Crippen LogP contribution in [0.15, 0.2) is 24.3 Å². The van der Waals surface area contributed by atoms with Crippen LogP contribution in [0.25, 0.3) is 0 Å². The van der Waals surface area contributed by atoms with Gasteiger partial charge in [-0.2, -0.15) is 0 Å². The Bertz CT molecular complexity index is 605. The smallest absolute Gasteiger partial charge is 0.119 e. The largest absolute Gasteiger partial charge is 0.508 e. The lowest BCUT2D eigenvalue weighted by Gasteiger charge is -2.17. The molecule has 0 atom stereocenters. The van der Waals surface area contributed by atoms with Crippen molar-refractivity contribution in [2.45, 2.75) is 26.7 Å². The van der Waals surface area contributed by atoms with Gasteiger partial charge in [-0.25, -0.2) is 0 Å². The van der Waals surface area contributed by atoms with Gasteiger partial charge in [0, 0.05) is 17.0 Å². The summed E-state index contributed by atoms with van der Waals surface area (Å²) in [4.78, 5) is 0. The summed E-state index contributed by atoms with van der Waals surface area (Å²) in [6, 6.07) is 5.91. The third-order valence-corrected chi connectivity index (χ3v) is 3.62. The van der Waals surface area contributed by atoms with Gasteiger partial charge in [0.25, 0.3) is 0 Å². The van der Waals surface area contributed by atoms with Gasteiger partial charge in [0.05, 0.1) is 0 Å². The number of aryl methyl sites for hydroxylation is 2. The molecule has 0 bridgehead atoms. The molecule has 0 saturated heterocycles. The van der Waals surface area contributed by atoms with E-state index in [1.54, 1.807) is 20.8 Å². The molecule has 20 heavy (non-hydrogen) atoms. The fourth-order valence-electron chi connectivity index (χ4n) is 2.26. The Kier molecular flexibility index (Phi) is 3.49. The third-order valence-electron chi connectivity index (χ3n) is 3.62. The van der Waals surface area contributed by atoms with E-state index in [0.29, 0.717) is 22.3 Å². The maximum Gasteiger partial charge on any atom is 0.119 e. The van der Waals surface area contributed by atoms with Crippen molar-refractivity contribution in [1.82, 2.24) is 0 Å². The van der Waals surface area contributed by atoms with Crippen molar-refractivity contribution in [3.63, 3.8) is 0 Å². The molecular formula is C16H18O4. The number of phenols is 4. The van der Waals surface area contributed by atoms with Crippen LogP contribution in [0, 0.1) is 13.8 Å². The Morgan fingerprint density at radius 1 is 0.650 bits per heavy atom. The quantitative estimate of drug-likeness (QED) is 0.633. The molecule has 4 nitrogen and oxygen atoms in total. The summed E-state index contributed by atoms with van der Waals surface area (Å²) in [7, 11) is 0. The fraction of sp³-hybridized carbons (Fsp3) is 0.250. The highest BCUT2D eigenvalue weighted by Gasteiger charge is 2.19. The zero-order valence-corrected chi connectivity index (χ0v) is 11.7. The van der Waals surface area contributed by atoms with Gasteiger partial charge in [-0.1, -0.05) is 6.92 Å². The van der Waals surface area contributed by atoms with Crippen LogP contribution in [0.5, 0.6) is 23.0 Å². The van der Waals surface area contributed by atoms with Crippen LogP contribution in [-0.2, 0) is 0 Å². The summed E-state index contributed by atoms with van der Waals surface area (Å²) >= 11 is 0. The molecule has 4 N–H and O–H groups in total. The second kappa shape index (κ2) is 4.96. The van der Waals surface area contributed by atoms with Crippen molar-refractivity contribution < 1.29 is 20.4 Å². The van der Waals surface area contributed by atoms with Crippen LogP contribution in [-0.4, -0.2) is 20.4 Å². The molecule has 0 aliphatic carbocycles. The molecule has 0 saturated carbocycles. The minimum atomic E-state index is -0.368. The molecule has 0 radical (unpaired) electrons. The van der Waals surface area contributed by atoms with E-state index in [2.05, 4.69) is 0 Å². The number of aromatic hydroxyl groups is 4. The zero-order chi connectivity index (χ0) is 15.0. The molecule has 0 spiro atoms. The van der Waals surface area contributed by atoms with E-state index < -0.39 is 0 Å². The van der Waals surface area contributed by atoms with Crippen molar-refractivity contribution in [3.05, 3.63) is 46.5 Å². The lowest BCUT2D eigenvalue weighted by atomic mass is 9.90. The van der Waals surface area contributed by atoms with E-state index in [1.807, 2.05) is 0 Å². The van der Waals surface area contributed by atoms with Crippen molar-refractivity contribution >= 4 is 0 Å². The van der Waals surface area contributed by atoms with Gasteiger partial charge >= 0.3 is 0 Å². The first-order valence-electron chi connectivity index (χ1n) is 6.36. The maximum absolute atomic E-state index is 10.0. The summed E-state index contributed by atoms with van der Waals surface area (Å²) in [5.74, 6) is -0.103. The van der Waals surface area contributed by atoms with E-state index in [9.17, 15) is 20.4 Å². The van der Waals surface area contributed by atoms with Gasteiger partial charge in [0.15, 0.2) is 0 Å². The van der Waals surface area contributed by atoms with Crippen LogP contribution in [0.1, 0.15) is 35.1 Å². The Labute approximate surface area is 117 Å². The number of hydrogen-bond acceptors (Lipinski definition) is 4. The molecule has 0 aliphatic rings. The highest BCUT2D eigenvalue weighted by molar-refractivity contribution is 5.53. The lowest BCUT2D eigenvalue weighted by molar-refractivity contribution is 0.440. The molecule has 0 aromatic heterocycles. The number of phenolic OH excluding ortho intramolecular Hbond substituents is 4. The van der Waals surface area contributed by atoms with Gasteiger partial charge < -0.3 is 20.4 Å². The number of hydrogen-bond donors (Lipinski definition) is 4. The first kappa shape index (κ1) is 14.1. The Hall–Kier alpha value is -2.36. The summed E-state index contributed by atoms with van der Waals surface area (Å²) in [6.07, 6.45) is 0. The minimum Gasteiger partial charge on any atom is -0.508 e. The summed E-state index contributed by atoms with van der Waals surface area (Å²) < 4.78 is 0. The molecule has 0 heterocycles. The van der Waals surface area contributed by atoms with Crippen molar-refractivity contribution in [2.75, 3.05) is 0 Å². The molecule has 0 unspecified atom stereocenters. The van der Waals surface area contributed by atoms with Gasteiger partial charge in [0.2, 0.25) is 0 Å². The van der Waals surface area contributed by atoms with Crippen LogP contribution >= 0.6 is 0 Å². The normalized spacial score (nSPS) is 11.0. The zero-order valence-electron chi connectivity index (χ0n) is 11.7. The van der Waals surface area contributed by atoms with Crippen LogP contribution in [0.3, 0.4) is 0 Å². The Morgan fingerprint density at radius 3 is 1.35 bits per heavy atom. The fourth-order valence-corrected chi connectivity index (χ4v) is 2.26. The predicted molar refractivity (Wildman–Crippen MR) is 76.5 cm³/mol. The predicted octanol–water partition coefficient (Wildman–Crippen LogP) is 3.28. The molecule has 106 valence electrons. The Balaban J connectivity index is 2.54. The van der Waals surface area contributed by atoms with Crippen LogP contribution in [0.2, 0.25) is 0 Å². The molecule has 2 rings (SSSR count). The van der Waals surface area contributed by atoms with E-state index in [0.717, 1.165) is 0 Å². The number of benzene rings is 2. The molecule has 2 aromatic carbocycles. The van der Waals surface area contributed by atoms with Crippen molar-refractivity contribution in [2.24, 2.45) is 0 Å². The highest BCUT2D eigenvalue weighted by Crippen LogP contribution is 2.40. The highest BCUT2D eigenvalue weighted by atomic mass is 16.3. The molecule has 0 aliphatic heterocycles. The average Bonchev–Trinajstić information content (AvgIpc) is 2.37. The maximum atomic E-state index is 10.0. The van der Waals surface area contributed by atoms with Crippen molar-refractivity contribution in [1.29, 1.82) is 0 Å². The summed E-state index contributed by atoms with van der Waals surface area (Å²) in [5.41, 5.74) is 2.14. The van der Waals surface area contributed by atoms with Gasteiger partial charge in [-0.05, 0) is 49.2 Å². The first-order valence-corrected chi connectivity index (χ1v) is 6.36. The SMILES string of the molecule is Cc1cc(O)c(C(C)c2cc(O)c(C)cc2O)cc1O. The topological polar surface area (TPSA) is 80.9 Å². The summed E-state index contributed by atoms with van der Waals surface area (Å²) in [6.45, 7) is 5.17. The molecule has 0 amide bonds. The minimum absolute atomic E-state index is 0.0484. The first-order chi connectivity index (χ1) is 9.31. The molecular weight excluding hydrogens is 256 g/mol. The molecule has 2 aromatic rings. The summed E-state index contributed by atoms with van der Waals surface area (Å²) in [5, 5.41) is 39.5. The standard InChI is InChI=1S/C16H18O4/c1-8-4-15(19)11(6-13(8)17)10(3)12-7-14(18)9(2)5-16(12)20/h4-7,10,17-20H,1-3H3. The van der Waals surface area contributed by atoms with Gasteiger partial charge in [-0.3, -0.25) is 0 Å². The molecule has 0 fully saturated rings. The average molecular weight is 274 g/mol. The van der Waals surface area contributed by atoms with Gasteiger partial charge in [0.1, 0.15) is 23.0 Å². The monoisotopic (exact) mass is 274 g/mol. The third kappa shape index (κ3) is 2.37. The van der Waals surface area contributed by atoms with E-state index in [-0.39, 0.29) is 28.9 Å². The van der Waals surface area contributed by atoms with Gasteiger partial charge in [-0.15, -0.1) is 0 Å². The second-order valence-corrected chi connectivity index (χ2v) is 5.12. The van der Waals surface area contributed by atoms with Crippen LogP contribution < -0.4 is 0 Å². The number of rotatable bonds is 2. The lowest BCUT2D eigenvalue weighted by Crippen LogP contribution is -1.98. The van der Waals surface area contributed by atoms with E-state index in [4.69, 9.17) is 0 Å². The van der Waals surface area contributed by atoms with E-state index >= 15 is 0 Å². The Morgan fingerprint density at radius 2 is 1.00 bits per heavy atom. The van der Waals surface area contributed by atoms with Crippen LogP contribution in [0.4, 0.5) is 0 Å². The van der Waals surface area contributed by atoms with E-state index in [1.165, 1.54) is 24.3 Å². The molecule has 4 heteroatoms. The van der Waals surface area contributed by atoms with Crippen molar-refractivity contribution in [3.8, 4) is 23.0 Å².